The molecule has 5 heteroatoms. The minimum atomic E-state index is -0.275. The van der Waals surface area contributed by atoms with E-state index in [0.717, 1.165) is 44.1 Å². The number of halogens is 1. The Labute approximate surface area is 142 Å². The van der Waals surface area contributed by atoms with Crippen molar-refractivity contribution in [2.75, 3.05) is 6.54 Å². The largest absolute Gasteiger partial charge is 0.347 e. The van der Waals surface area contributed by atoms with Crippen LogP contribution in [0.3, 0.4) is 0 Å². The van der Waals surface area contributed by atoms with Crippen LogP contribution in [0.4, 0.5) is 4.39 Å². The van der Waals surface area contributed by atoms with Crippen molar-refractivity contribution in [1.29, 1.82) is 0 Å². The van der Waals surface area contributed by atoms with Crippen molar-refractivity contribution in [2.24, 2.45) is 5.92 Å². The minimum Gasteiger partial charge on any atom is -0.347 e. The van der Waals surface area contributed by atoms with Crippen molar-refractivity contribution in [3.8, 4) is 0 Å². The van der Waals surface area contributed by atoms with E-state index in [1.165, 1.54) is 18.6 Å². The van der Waals surface area contributed by atoms with Crippen LogP contribution in [-0.4, -0.2) is 29.3 Å². The maximum Gasteiger partial charge on any atom is 0.242 e. The van der Waals surface area contributed by atoms with Crippen LogP contribution in [0.2, 0.25) is 0 Å². The maximum absolute atomic E-state index is 13.0. The molecule has 2 aliphatic carbocycles. The summed E-state index contributed by atoms with van der Waals surface area (Å²) >= 11 is 0. The van der Waals surface area contributed by atoms with Crippen LogP contribution >= 0.6 is 0 Å². The highest BCUT2D eigenvalue weighted by molar-refractivity contribution is 5.86. The average molecular weight is 332 g/mol. The summed E-state index contributed by atoms with van der Waals surface area (Å²) in [6, 6.07) is 6.50. The van der Waals surface area contributed by atoms with Crippen molar-refractivity contribution in [3.05, 3.63) is 35.6 Å². The average Bonchev–Trinajstić information content (AvgIpc) is 3.44. The summed E-state index contributed by atoms with van der Waals surface area (Å²) in [4.78, 5) is 26.5. The van der Waals surface area contributed by atoms with Gasteiger partial charge in [-0.05, 0) is 43.4 Å². The zero-order valence-electron chi connectivity index (χ0n) is 14.0. The molecule has 2 aliphatic rings. The van der Waals surface area contributed by atoms with Crippen LogP contribution in [0, 0.1) is 11.7 Å². The van der Waals surface area contributed by atoms with Gasteiger partial charge in [-0.3, -0.25) is 9.59 Å². The monoisotopic (exact) mass is 332 g/mol. The first-order valence-electron chi connectivity index (χ1n) is 8.95. The third-order valence-corrected chi connectivity index (χ3v) is 4.96. The number of nitrogens with one attached hydrogen (secondary N) is 1. The highest BCUT2D eigenvalue weighted by Gasteiger charge is 2.32. The van der Waals surface area contributed by atoms with Crippen LogP contribution in [-0.2, 0) is 16.1 Å². The third kappa shape index (κ3) is 4.56. The molecule has 24 heavy (non-hydrogen) atoms. The Hall–Kier alpha value is -1.91. The van der Waals surface area contributed by atoms with Crippen molar-refractivity contribution >= 4 is 11.8 Å². The SMILES string of the molecule is O=C(NCC(=O)N(Cc1ccc(F)cc1)C1CC1)C1CCCCC1. The van der Waals surface area contributed by atoms with Gasteiger partial charge < -0.3 is 10.2 Å². The van der Waals surface area contributed by atoms with Crippen LogP contribution in [0.5, 0.6) is 0 Å². The number of carbonyl (C=O) groups is 2. The number of nitrogens with zero attached hydrogens (tertiary/aromatic N) is 1. The van der Waals surface area contributed by atoms with Crippen LogP contribution < -0.4 is 5.32 Å². The Morgan fingerprint density at radius 1 is 1.04 bits per heavy atom. The molecule has 0 aliphatic heterocycles. The predicted octanol–water partition coefficient (Wildman–Crippen LogP) is 3.01. The lowest BCUT2D eigenvalue weighted by atomic mass is 9.89. The van der Waals surface area contributed by atoms with E-state index in [1.807, 2.05) is 4.90 Å². The standard InChI is InChI=1S/C19H25FN2O2/c20-16-8-6-14(7-9-16)13-22(17-10-11-17)18(23)12-21-19(24)15-4-2-1-3-5-15/h6-9,15,17H,1-5,10-13H2,(H,21,24). The molecule has 0 radical (unpaired) electrons. The molecule has 0 heterocycles. The van der Waals surface area contributed by atoms with Crippen molar-refractivity contribution in [2.45, 2.75) is 57.5 Å². The molecule has 1 aromatic rings. The molecule has 0 aromatic heterocycles. The Kier molecular flexibility index (Phi) is 5.48. The Balaban J connectivity index is 1.52. The zero-order valence-corrected chi connectivity index (χ0v) is 14.0. The second-order valence-corrected chi connectivity index (χ2v) is 6.93. The van der Waals surface area contributed by atoms with Crippen molar-refractivity contribution in [1.82, 2.24) is 10.2 Å². The second kappa shape index (κ2) is 7.77. The number of benzene rings is 1. The lowest BCUT2D eigenvalue weighted by Gasteiger charge is -2.24. The van der Waals surface area contributed by atoms with Gasteiger partial charge in [-0.15, -0.1) is 0 Å². The third-order valence-electron chi connectivity index (χ3n) is 4.96. The Morgan fingerprint density at radius 2 is 1.71 bits per heavy atom. The summed E-state index contributed by atoms with van der Waals surface area (Å²) in [6.45, 7) is 0.538. The summed E-state index contributed by atoms with van der Waals surface area (Å²) < 4.78 is 13.0. The van der Waals surface area contributed by atoms with E-state index >= 15 is 0 Å². The second-order valence-electron chi connectivity index (χ2n) is 6.93. The van der Waals surface area contributed by atoms with Gasteiger partial charge in [-0.2, -0.15) is 0 Å². The van der Waals surface area contributed by atoms with E-state index < -0.39 is 0 Å². The number of amides is 2. The number of hydrogen-bond acceptors (Lipinski definition) is 2. The van der Waals surface area contributed by atoms with Gasteiger partial charge in [0.2, 0.25) is 11.8 Å². The van der Waals surface area contributed by atoms with Gasteiger partial charge >= 0.3 is 0 Å². The molecule has 0 spiro atoms. The molecule has 0 atom stereocenters. The van der Waals surface area contributed by atoms with E-state index in [4.69, 9.17) is 0 Å². The quantitative estimate of drug-likeness (QED) is 0.870. The summed E-state index contributed by atoms with van der Waals surface area (Å²) in [5.41, 5.74) is 0.912. The molecule has 3 rings (SSSR count). The molecule has 1 aromatic carbocycles. The number of rotatable bonds is 6. The van der Waals surface area contributed by atoms with Crippen LogP contribution in [0.25, 0.3) is 0 Å². The minimum absolute atomic E-state index is 0.0144. The first-order chi connectivity index (χ1) is 11.6. The molecule has 1 N–H and O–H groups in total. The van der Waals surface area contributed by atoms with Crippen molar-refractivity contribution < 1.29 is 14.0 Å². The summed E-state index contributed by atoms with van der Waals surface area (Å²) in [5.74, 6) is -0.243. The van der Waals surface area contributed by atoms with E-state index in [9.17, 15) is 14.0 Å². The fraction of sp³-hybridized carbons (Fsp3) is 0.579. The van der Waals surface area contributed by atoms with E-state index in [1.54, 1.807) is 12.1 Å². The molecular formula is C19H25FN2O2. The Morgan fingerprint density at radius 3 is 2.33 bits per heavy atom. The normalized spacial score (nSPS) is 18.2. The number of carbonyl (C=O) groups excluding carboxylic acids is 2. The maximum atomic E-state index is 13.0. The van der Waals surface area contributed by atoms with Gasteiger partial charge in [0.25, 0.3) is 0 Å². The number of hydrogen-bond donors (Lipinski definition) is 1. The van der Waals surface area contributed by atoms with Gasteiger partial charge in [-0.1, -0.05) is 31.4 Å². The van der Waals surface area contributed by atoms with Gasteiger partial charge in [-0.25, -0.2) is 4.39 Å². The summed E-state index contributed by atoms with van der Waals surface area (Å²) in [5, 5.41) is 2.82. The molecule has 0 saturated heterocycles. The van der Waals surface area contributed by atoms with E-state index in [2.05, 4.69) is 5.32 Å². The highest BCUT2D eigenvalue weighted by atomic mass is 19.1. The molecule has 2 saturated carbocycles. The lowest BCUT2D eigenvalue weighted by Crippen LogP contribution is -2.42. The van der Waals surface area contributed by atoms with Gasteiger partial charge in [0.1, 0.15) is 5.82 Å². The fourth-order valence-corrected chi connectivity index (χ4v) is 3.37. The predicted molar refractivity (Wildman–Crippen MR) is 89.6 cm³/mol. The zero-order chi connectivity index (χ0) is 16.9. The van der Waals surface area contributed by atoms with Crippen LogP contribution in [0.15, 0.2) is 24.3 Å². The Bertz CT molecular complexity index is 578. The summed E-state index contributed by atoms with van der Waals surface area (Å²) in [7, 11) is 0. The van der Waals surface area contributed by atoms with Crippen LogP contribution in [0.1, 0.15) is 50.5 Å². The van der Waals surface area contributed by atoms with Gasteiger partial charge in [0.05, 0.1) is 6.54 Å². The summed E-state index contributed by atoms with van der Waals surface area (Å²) in [6.07, 6.45) is 7.28. The highest BCUT2D eigenvalue weighted by Crippen LogP contribution is 2.28. The van der Waals surface area contributed by atoms with Gasteiger partial charge in [0, 0.05) is 18.5 Å². The molecule has 2 fully saturated rings. The molecule has 2 amide bonds. The molecule has 4 nitrogen and oxygen atoms in total. The fourth-order valence-electron chi connectivity index (χ4n) is 3.37. The molecule has 130 valence electrons. The first kappa shape index (κ1) is 16.9. The topological polar surface area (TPSA) is 49.4 Å². The molecule has 0 bridgehead atoms. The molecule has 0 unspecified atom stereocenters. The van der Waals surface area contributed by atoms with E-state index in [-0.39, 0.29) is 36.1 Å². The van der Waals surface area contributed by atoms with E-state index in [0.29, 0.717) is 6.54 Å². The first-order valence-corrected chi connectivity index (χ1v) is 8.95. The van der Waals surface area contributed by atoms with Crippen molar-refractivity contribution in [3.63, 3.8) is 0 Å². The lowest BCUT2D eigenvalue weighted by molar-refractivity contribution is -0.135. The smallest absolute Gasteiger partial charge is 0.242 e. The van der Waals surface area contributed by atoms with Gasteiger partial charge in [0.15, 0.2) is 0 Å². The molecular weight excluding hydrogens is 307 g/mol.